The largest absolute Gasteiger partial charge is 0.335 e. The van der Waals surface area contributed by atoms with Gasteiger partial charge in [0.1, 0.15) is 0 Å². The molecule has 0 unspecified atom stereocenters. The fourth-order valence-corrected chi connectivity index (χ4v) is 14.4. The van der Waals surface area contributed by atoms with Gasteiger partial charge in [-0.2, -0.15) is 8.42 Å². The standard InChI is InChI=1S/C8H7IO2.C7H4ClIO2.C7H4FIO2.C6H5I2.O2S/c1-9-7-5-3-2-4-6(7)8(10)11-9;2*8-9-6-4-2-1-3-5(6)7(10)11-9;7-8-6-4-2-1-3-5-6;1-3-2/h2-5H,1H3;2*1-4H;1-5H;/q;;;-1;. The van der Waals surface area contributed by atoms with Gasteiger partial charge in [0.2, 0.25) is 0 Å². The van der Waals surface area contributed by atoms with Crippen LogP contribution in [0.5, 0.6) is 0 Å². The maximum atomic E-state index is 12.9. The summed E-state index contributed by atoms with van der Waals surface area (Å²) in [6.45, 7) is 0. The first kappa shape index (κ1) is 37.4. The van der Waals surface area contributed by atoms with E-state index in [2.05, 4.69) is 52.0 Å². The molecule has 3 heterocycles. The number of alkyl halides is 1. The number of rotatable bonds is 1. The minimum Gasteiger partial charge on any atom is -0.168 e. The van der Waals surface area contributed by atoms with Crippen LogP contribution in [-0.2, 0) is 20.8 Å². The maximum Gasteiger partial charge on any atom is 0.335 e. The number of hydrogen-bond acceptors (Lipinski definition) is 8. The molecule has 0 N–H and O–H groups in total. The Kier molecular flexibility index (Phi) is 16.7. The first-order chi connectivity index (χ1) is 21.2. The second-order valence-corrected chi connectivity index (χ2v) is 23.6. The van der Waals surface area contributed by atoms with Gasteiger partial charge in [-0.1, -0.05) is 0 Å². The van der Waals surface area contributed by atoms with Crippen molar-refractivity contribution < 1.29 is 52.1 Å². The molecule has 8 nitrogen and oxygen atoms in total. The van der Waals surface area contributed by atoms with Crippen molar-refractivity contribution in [1.82, 2.24) is 0 Å². The van der Waals surface area contributed by atoms with Gasteiger partial charge in [-0.3, -0.25) is 0 Å². The average Bonchev–Trinajstić information content (AvgIpc) is 3.63. The van der Waals surface area contributed by atoms with Crippen LogP contribution in [0.15, 0.2) is 103 Å². The minimum absolute atomic E-state index is 0.131. The van der Waals surface area contributed by atoms with E-state index >= 15 is 0 Å². The Bertz CT molecular complexity index is 1490. The summed E-state index contributed by atoms with van der Waals surface area (Å²) in [6.07, 6.45) is 0. The molecule has 3 aliphatic rings. The van der Waals surface area contributed by atoms with Gasteiger partial charge < -0.3 is 0 Å². The quantitative estimate of drug-likeness (QED) is 0.178. The van der Waals surface area contributed by atoms with E-state index in [0.29, 0.717) is 14.7 Å². The number of hydrogen-bond donors (Lipinski definition) is 0. The van der Waals surface area contributed by atoms with Gasteiger partial charge in [-0.15, -0.1) is 0 Å². The fraction of sp³-hybridized carbons (Fsp3) is 0.0357. The zero-order chi connectivity index (χ0) is 32.1. The number of carbonyl (C=O) groups excluding carboxylic acids is 3. The van der Waals surface area contributed by atoms with Crippen LogP contribution in [0.4, 0.5) is 2.86 Å². The number of fused-ring (bicyclic) bond motifs is 3. The van der Waals surface area contributed by atoms with E-state index in [-0.39, 0.29) is 29.2 Å². The Labute approximate surface area is 303 Å². The molecule has 4 aromatic carbocycles. The Morgan fingerprint density at radius 2 is 1.07 bits per heavy atom. The van der Waals surface area contributed by atoms with E-state index in [0.717, 1.165) is 12.7 Å². The van der Waals surface area contributed by atoms with Crippen LogP contribution in [0.25, 0.3) is 0 Å². The average molecular weight is 1210 g/mol. The van der Waals surface area contributed by atoms with Crippen LogP contribution in [0, 0.1) is 14.3 Å². The van der Waals surface area contributed by atoms with Crippen molar-refractivity contribution in [2.45, 2.75) is 0 Å². The zero-order valence-electron chi connectivity index (χ0n) is 22.1. The molecule has 0 saturated carbocycles. The van der Waals surface area contributed by atoms with Crippen molar-refractivity contribution in [3.8, 4) is 0 Å². The Morgan fingerprint density at radius 3 is 1.55 bits per heavy atom. The van der Waals surface area contributed by atoms with Crippen molar-refractivity contribution in [2.75, 3.05) is 4.93 Å². The summed E-state index contributed by atoms with van der Waals surface area (Å²) in [4.78, 5) is 35.0. The minimum atomic E-state index is -3.02. The molecular formula is C28H20ClFI5O8S-. The third kappa shape index (κ3) is 10.8. The van der Waals surface area contributed by atoms with Crippen LogP contribution < -0.4 is 17.2 Å². The summed E-state index contributed by atoms with van der Waals surface area (Å²) in [5, 5.41) is 0. The second kappa shape index (κ2) is 19.6. The summed E-state index contributed by atoms with van der Waals surface area (Å²) in [7, 11) is 5.85. The van der Waals surface area contributed by atoms with Crippen LogP contribution in [0.1, 0.15) is 31.1 Å². The van der Waals surface area contributed by atoms with Gasteiger partial charge >= 0.3 is 300 Å². The van der Waals surface area contributed by atoms with E-state index in [9.17, 15) is 17.2 Å². The molecule has 44 heavy (non-hydrogen) atoms. The Morgan fingerprint density at radius 1 is 0.659 bits per heavy atom. The van der Waals surface area contributed by atoms with Crippen molar-refractivity contribution in [3.05, 3.63) is 134 Å². The molecule has 0 aliphatic carbocycles. The third-order valence-electron chi connectivity index (χ3n) is 5.17. The normalized spacial score (nSPS) is 15.5. The third-order valence-corrected chi connectivity index (χ3v) is 19.9. The van der Waals surface area contributed by atoms with Gasteiger partial charge in [-0.05, 0) is 0 Å². The summed E-state index contributed by atoms with van der Waals surface area (Å²) in [5.41, 5.74) is 1.83. The Balaban J connectivity index is 0.000000157. The second-order valence-electron chi connectivity index (χ2n) is 7.80. The molecule has 0 spiro atoms. The number of benzene rings is 4. The molecule has 0 atom stereocenters. The van der Waals surface area contributed by atoms with Crippen LogP contribution in [-0.4, -0.2) is 31.3 Å². The predicted octanol–water partition coefficient (Wildman–Crippen LogP) is 5.64. The molecule has 16 heteroatoms. The van der Waals surface area contributed by atoms with E-state index in [1.54, 1.807) is 30.3 Å². The van der Waals surface area contributed by atoms with E-state index in [4.69, 9.17) is 23.5 Å². The first-order valence-corrected chi connectivity index (χ1v) is 31.3. The Hall–Kier alpha value is -1.02. The van der Waals surface area contributed by atoms with Crippen LogP contribution >= 0.6 is 87.7 Å². The fourth-order valence-electron chi connectivity index (χ4n) is 3.31. The number of carbonyl (C=O) groups is 3. The van der Waals surface area contributed by atoms with E-state index < -0.39 is 77.7 Å². The summed E-state index contributed by atoms with van der Waals surface area (Å²) >= 11 is -4.59. The van der Waals surface area contributed by atoms with Gasteiger partial charge in [0.15, 0.2) is 0 Å². The van der Waals surface area contributed by atoms with Crippen LogP contribution in [0.3, 0.4) is 0 Å². The molecule has 0 amide bonds. The van der Waals surface area contributed by atoms with Crippen molar-refractivity contribution in [3.63, 3.8) is 0 Å². The van der Waals surface area contributed by atoms with Crippen molar-refractivity contribution in [1.29, 1.82) is 0 Å². The van der Waals surface area contributed by atoms with Gasteiger partial charge in [-0.25, -0.2) is 0 Å². The van der Waals surface area contributed by atoms with E-state index in [1.165, 1.54) is 3.57 Å². The van der Waals surface area contributed by atoms with Crippen LogP contribution in [0.2, 0.25) is 0 Å². The summed E-state index contributed by atoms with van der Waals surface area (Å²) in [5.74, 6) is -0.901. The molecule has 3 aliphatic heterocycles. The molecule has 0 radical (unpaired) electrons. The maximum absolute atomic E-state index is 12.9. The van der Waals surface area contributed by atoms with Crippen molar-refractivity contribution >= 4 is 117 Å². The molecule has 0 aromatic heterocycles. The zero-order valence-corrected chi connectivity index (χ0v) is 34.5. The van der Waals surface area contributed by atoms with Crippen molar-refractivity contribution in [2.24, 2.45) is 0 Å². The topological polar surface area (TPSA) is 113 Å². The van der Waals surface area contributed by atoms with Gasteiger partial charge in [0.25, 0.3) is 0 Å². The summed E-state index contributed by atoms with van der Waals surface area (Å²) < 4.78 is 48.1. The molecule has 7 rings (SSSR count). The predicted molar refractivity (Wildman–Crippen MR) is 195 cm³/mol. The molecular weight excluding hydrogens is 1190 g/mol. The van der Waals surface area contributed by atoms with Gasteiger partial charge in [0, 0.05) is 0 Å². The van der Waals surface area contributed by atoms with E-state index in [1.807, 2.05) is 47.4 Å². The molecule has 4 aromatic rings. The monoisotopic (exact) mass is 1200 g/mol. The SMILES string of the molecule is CI1OC(=O)c2ccccc21.I[I-]c1ccccc1.O=C1OI(Cl)c2ccccc21.O=C1OI(F)c2ccccc21.O=S=O. The smallest absolute Gasteiger partial charge is 0.168 e. The summed E-state index contributed by atoms with van der Waals surface area (Å²) in [6, 6.07) is 32.2. The van der Waals surface area contributed by atoms with Gasteiger partial charge in [0.05, 0.1) is 0 Å². The molecule has 0 saturated heterocycles. The number of halogens is 7. The molecule has 0 bridgehead atoms. The molecule has 0 fully saturated rings. The molecule has 236 valence electrons. The first-order valence-electron chi connectivity index (χ1n) is 11.7.